The summed E-state index contributed by atoms with van der Waals surface area (Å²) in [6, 6.07) is 8.03. The van der Waals surface area contributed by atoms with E-state index in [-0.39, 0.29) is 17.5 Å². The van der Waals surface area contributed by atoms with Crippen LogP contribution in [0.25, 0.3) is 0 Å². The minimum Gasteiger partial charge on any atom is -0.478 e. The van der Waals surface area contributed by atoms with Gasteiger partial charge < -0.3 is 10.0 Å². The molecule has 6 heteroatoms. The van der Waals surface area contributed by atoms with Crippen molar-refractivity contribution >= 4 is 11.9 Å². The topological polar surface area (TPSA) is 75.4 Å². The predicted molar refractivity (Wildman–Crippen MR) is 98.5 cm³/mol. The van der Waals surface area contributed by atoms with Crippen LogP contribution in [0.5, 0.6) is 0 Å². The molecule has 1 aliphatic rings. The van der Waals surface area contributed by atoms with Crippen molar-refractivity contribution in [2.24, 2.45) is 0 Å². The molecule has 0 atom stereocenters. The van der Waals surface area contributed by atoms with Crippen LogP contribution in [0.4, 0.5) is 0 Å². The average Bonchev–Trinajstić information content (AvgIpc) is 3.04. The lowest BCUT2D eigenvalue weighted by atomic mass is 10.0. The summed E-state index contributed by atoms with van der Waals surface area (Å²) in [5.74, 6) is -0.886. The molecule has 2 aromatic rings. The quantitative estimate of drug-likeness (QED) is 0.893. The highest BCUT2D eigenvalue weighted by molar-refractivity contribution is 5.94. The molecule has 0 bridgehead atoms. The number of amides is 1. The molecule has 0 radical (unpaired) electrons. The second kappa shape index (κ2) is 7.72. The van der Waals surface area contributed by atoms with Gasteiger partial charge in [-0.3, -0.25) is 9.48 Å². The molecule has 0 aliphatic carbocycles. The Morgan fingerprint density at radius 2 is 1.85 bits per heavy atom. The summed E-state index contributed by atoms with van der Waals surface area (Å²) < 4.78 is 1.80. The first-order chi connectivity index (χ1) is 12.5. The van der Waals surface area contributed by atoms with Crippen molar-refractivity contribution in [1.82, 2.24) is 14.7 Å². The number of piperidine rings is 1. The normalized spacial score (nSPS) is 15.2. The molecule has 2 heterocycles. The molecule has 1 amide bonds. The average molecular weight is 355 g/mol. The van der Waals surface area contributed by atoms with E-state index >= 15 is 0 Å². The fourth-order valence-electron chi connectivity index (χ4n) is 3.60. The van der Waals surface area contributed by atoms with Crippen molar-refractivity contribution < 1.29 is 14.7 Å². The zero-order valence-electron chi connectivity index (χ0n) is 15.3. The number of rotatable bonds is 5. The lowest BCUT2D eigenvalue weighted by Crippen LogP contribution is -2.39. The summed E-state index contributed by atoms with van der Waals surface area (Å²) in [7, 11) is 0. The van der Waals surface area contributed by atoms with Crippen LogP contribution in [0.2, 0.25) is 0 Å². The Kier molecular flexibility index (Phi) is 5.40. The van der Waals surface area contributed by atoms with Gasteiger partial charge in [0.05, 0.1) is 17.9 Å². The fourth-order valence-corrected chi connectivity index (χ4v) is 3.60. The van der Waals surface area contributed by atoms with Crippen LogP contribution in [0.15, 0.2) is 30.5 Å². The zero-order valence-corrected chi connectivity index (χ0v) is 15.3. The highest BCUT2D eigenvalue weighted by Gasteiger charge is 2.27. The van der Waals surface area contributed by atoms with E-state index in [1.54, 1.807) is 11.6 Å². The van der Waals surface area contributed by atoms with Crippen LogP contribution in [-0.4, -0.2) is 44.8 Å². The number of aromatic carboxylic acids is 1. The molecular weight excluding hydrogens is 330 g/mol. The van der Waals surface area contributed by atoms with Crippen LogP contribution in [-0.2, 0) is 6.42 Å². The first-order valence-corrected chi connectivity index (χ1v) is 9.17. The number of carbonyl (C=O) groups is 2. The Morgan fingerprint density at radius 1 is 1.19 bits per heavy atom. The molecule has 1 N–H and O–H groups in total. The van der Waals surface area contributed by atoms with E-state index in [2.05, 4.69) is 12.0 Å². The fraction of sp³-hybridized carbons (Fsp3) is 0.450. The lowest BCUT2D eigenvalue weighted by molar-refractivity contribution is 0.0688. The van der Waals surface area contributed by atoms with E-state index in [1.807, 2.05) is 29.2 Å². The molecule has 138 valence electrons. The first-order valence-electron chi connectivity index (χ1n) is 9.17. The van der Waals surface area contributed by atoms with Gasteiger partial charge >= 0.3 is 5.97 Å². The maximum Gasteiger partial charge on any atom is 0.339 e. The Hall–Kier alpha value is -2.63. The van der Waals surface area contributed by atoms with E-state index in [0.717, 1.165) is 31.2 Å². The molecule has 6 nitrogen and oxygen atoms in total. The minimum absolute atomic E-state index is 0.0647. The first kappa shape index (κ1) is 18.2. The monoisotopic (exact) mass is 355 g/mol. The van der Waals surface area contributed by atoms with Gasteiger partial charge in [0.15, 0.2) is 0 Å². The van der Waals surface area contributed by atoms with E-state index in [9.17, 15) is 9.59 Å². The molecule has 1 saturated heterocycles. The molecule has 26 heavy (non-hydrogen) atoms. The third-order valence-electron chi connectivity index (χ3n) is 5.11. The Bertz CT molecular complexity index is 787. The Balaban J connectivity index is 1.63. The highest BCUT2D eigenvalue weighted by atomic mass is 16.4. The molecule has 1 aromatic heterocycles. The second-order valence-electron chi connectivity index (χ2n) is 6.86. The van der Waals surface area contributed by atoms with Crippen molar-refractivity contribution in [1.29, 1.82) is 0 Å². The summed E-state index contributed by atoms with van der Waals surface area (Å²) >= 11 is 0. The number of carboxylic acids is 1. The van der Waals surface area contributed by atoms with Gasteiger partial charge in [-0.1, -0.05) is 25.5 Å². The molecule has 0 saturated carbocycles. The third kappa shape index (κ3) is 3.64. The summed E-state index contributed by atoms with van der Waals surface area (Å²) in [4.78, 5) is 25.8. The number of benzene rings is 1. The van der Waals surface area contributed by atoms with Gasteiger partial charge in [-0.25, -0.2) is 4.79 Å². The van der Waals surface area contributed by atoms with E-state index < -0.39 is 5.97 Å². The smallest absolute Gasteiger partial charge is 0.339 e. The van der Waals surface area contributed by atoms with Gasteiger partial charge in [0.25, 0.3) is 5.91 Å². The van der Waals surface area contributed by atoms with Crippen molar-refractivity contribution in [2.75, 3.05) is 13.1 Å². The van der Waals surface area contributed by atoms with Crippen molar-refractivity contribution in [3.8, 4) is 0 Å². The molecule has 1 fully saturated rings. The van der Waals surface area contributed by atoms with Gasteiger partial charge in [-0.15, -0.1) is 0 Å². The van der Waals surface area contributed by atoms with Crippen LogP contribution >= 0.6 is 0 Å². The van der Waals surface area contributed by atoms with Gasteiger partial charge in [-0.05, 0) is 43.9 Å². The SMILES string of the molecule is CCCc1ccc(C(=O)N2CCC(n3ncc(C(=O)O)c3C)CC2)cc1. The standard InChI is InChI=1S/C20H25N3O3/c1-3-4-15-5-7-16(8-6-15)19(24)22-11-9-17(10-12-22)23-14(2)18(13-21-23)20(25)26/h5-8,13,17H,3-4,9-12H2,1-2H3,(H,25,26). The maximum absolute atomic E-state index is 12.7. The van der Waals surface area contributed by atoms with Gasteiger partial charge in [0.2, 0.25) is 0 Å². The Morgan fingerprint density at radius 3 is 2.38 bits per heavy atom. The number of aromatic nitrogens is 2. The number of aryl methyl sites for hydroxylation is 1. The summed E-state index contributed by atoms with van der Waals surface area (Å²) in [6.45, 7) is 5.24. The van der Waals surface area contributed by atoms with E-state index in [1.165, 1.54) is 11.8 Å². The number of nitrogens with zero attached hydrogens (tertiary/aromatic N) is 3. The van der Waals surface area contributed by atoms with E-state index in [4.69, 9.17) is 5.11 Å². The zero-order chi connectivity index (χ0) is 18.7. The van der Waals surface area contributed by atoms with Gasteiger partial charge in [-0.2, -0.15) is 5.10 Å². The predicted octanol–water partition coefficient (Wildman–Crippen LogP) is 3.32. The van der Waals surface area contributed by atoms with Gasteiger partial charge in [0, 0.05) is 18.7 Å². The van der Waals surface area contributed by atoms with Crippen LogP contribution < -0.4 is 0 Å². The summed E-state index contributed by atoms with van der Waals surface area (Å²) in [5, 5.41) is 13.4. The maximum atomic E-state index is 12.7. The second-order valence-corrected chi connectivity index (χ2v) is 6.86. The number of hydrogen-bond acceptors (Lipinski definition) is 3. The number of carboxylic acid groups (broad SMARTS) is 1. The number of carbonyl (C=O) groups excluding carboxylic acids is 1. The lowest BCUT2D eigenvalue weighted by Gasteiger charge is -2.32. The van der Waals surface area contributed by atoms with Crippen LogP contribution in [0.1, 0.15) is 64.2 Å². The highest BCUT2D eigenvalue weighted by Crippen LogP contribution is 2.25. The molecule has 0 unspecified atom stereocenters. The van der Waals surface area contributed by atoms with Crippen molar-refractivity contribution in [3.63, 3.8) is 0 Å². The number of likely N-dealkylation sites (tertiary alicyclic amines) is 1. The molecule has 0 spiro atoms. The van der Waals surface area contributed by atoms with Crippen molar-refractivity contribution in [2.45, 2.75) is 45.6 Å². The third-order valence-corrected chi connectivity index (χ3v) is 5.11. The Labute approximate surface area is 153 Å². The summed E-state index contributed by atoms with van der Waals surface area (Å²) in [6.07, 6.45) is 5.09. The summed E-state index contributed by atoms with van der Waals surface area (Å²) in [5.41, 5.74) is 2.90. The largest absolute Gasteiger partial charge is 0.478 e. The van der Waals surface area contributed by atoms with E-state index in [0.29, 0.717) is 18.8 Å². The molecule has 1 aromatic carbocycles. The molecule has 3 rings (SSSR count). The van der Waals surface area contributed by atoms with Crippen LogP contribution in [0.3, 0.4) is 0 Å². The molecular formula is C20H25N3O3. The molecule has 1 aliphatic heterocycles. The van der Waals surface area contributed by atoms with Gasteiger partial charge in [0.1, 0.15) is 5.56 Å². The minimum atomic E-state index is -0.951. The van der Waals surface area contributed by atoms with Crippen LogP contribution in [0, 0.1) is 6.92 Å². The van der Waals surface area contributed by atoms with Crippen molar-refractivity contribution in [3.05, 3.63) is 52.8 Å². The number of hydrogen-bond donors (Lipinski definition) is 1.